The lowest BCUT2D eigenvalue weighted by Crippen LogP contribution is -2.36. The third-order valence-electron chi connectivity index (χ3n) is 2.53. The zero-order chi connectivity index (χ0) is 13.5. The highest BCUT2D eigenvalue weighted by Crippen LogP contribution is 2.29. The fourth-order valence-corrected chi connectivity index (χ4v) is 1.62. The van der Waals surface area contributed by atoms with Crippen molar-refractivity contribution in [2.45, 2.75) is 32.7 Å². The first kappa shape index (κ1) is 14.2. The average Bonchev–Trinajstić information content (AvgIpc) is 2.31. The number of amides is 1. The van der Waals surface area contributed by atoms with Crippen molar-refractivity contribution in [2.75, 3.05) is 12.3 Å². The number of phenols is 1. The highest BCUT2D eigenvalue weighted by molar-refractivity contribution is 5.78. The summed E-state index contributed by atoms with van der Waals surface area (Å²) in [5.41, 5.74) is 5.76. The molecule has 1 amide bonds. The van der Waals surface area contributed by atoms with Crippen LogP contribution < -0.4 is 15.8 Å². The lowest BCUT2D eigenvalue weighted by molar-refractivity contribution is -0.123. The quantitative estimate of drug-likeness (QED) is 0.531. The molecule has 18 heavy (non-hydrogen) atoms. The molecule has 1 aromatic rings. The lowest BCUT2D eigenvalue weighted by Gasteiger charge is -2.14. The van der Waals surface area contributed by atoms with E-state index in [4.69, 9.17) is 10.5 Å². The van der Waals surface area contributed by atoms with E-state index in [1.54, 1.807) is 12.1 Å². The van der Waals surface area contributed by atoms with Gasteiger partial charge in [-0.25, -0.2) is 0 Å². The van der Waals surface area contributed by atoms with Crippen molar-refractivity contribution in [3.63, 3.8) is 0 Å². The van der Waals surface area contributed by atoms with Gasteiger partial charge in [0.2, 0.25) is 0 Å². The number of ether oxygens (including phenoxy) is 1. The van der Waals surface area contributed by atoms with Crippen LogP contribution >= 0.6 is 0 Å². The molecule has 1 rings (SSSR count). The molecule has 1 unspecified atom stereocenters. The highest BCUT2D eigenvalue weighted by Gasteiger charge is 2.09. The topological polar surface area (TPSA) is 84.6 Å². The molecule has 0 bridgehead atoms. The van der Waals surface area contributed by atoms with Crippen molar-refractivity contribution < 1.29 is 14.6 Å². The summed E-state index contributed by atoms with van der Waals surface area (Å²) in [6.07, 6.45) is 1.95. The molecule has 0 saturated heterocycles. The van der Waals surface area contributed by atoms with Gasteiger partial charge in [0.1, 0.15) is 17.2 Å². The molecule has 1 atom stereocenters. The van der Waals surface area contributed by atoms with Crippen molar-refractivity contribution in [2.24, 2.45) is 0 Å². The van der Waals surface area contributed by atoms with Crippen LogP contribution in [0.5, 0.6) is 11.5 Å². The van der Waals surface area contributed by atoms with Gasteiger partial charge < -0.3 is 20.9 Å². The van der Waals surface area contributed by atoms with Gasteiger partial charge in [0, 0.05) is 6.04 Å². The summed E-state index contributed by atoms with van der Waals surface area (Å²) in [4.78, 5) is 11.6. The highest BCUT2D eigenvalue weighted by atomic mass is 16.5. The molecular formula is C13H20N2O3. The largest absolute Gasteiger partial charge is 0.506 e. The number of anilines is 1. The van der Waals surface area contributed by atoms with E-state index in [1.165, 1.54) is 6.07 Å². The summed E-state index contributed by atoms with van der Waals surface area (Å²) in [5.74, 6) is 0.0687. The maximum absolute atomic E-state index is 11.6. The summed E-state index contributed by atoms with van der Waals surface area (Å²) < 4.78 is 5.26. The first-order valence-electron chi connectivity index (χ1n) is 6.04. The van der Waals surface area contributed by atoms with Gasteiger partial charge in [0.05, 0.1) is 0 Å². The van der Waals surface area contributed by atoms with Crippen molar-refractivity contribution in [3.8, 4) is 11.5 Å². The molecule has 0 fully saturated rings. The van der Waals surface area contributed by atoms with Crippen LogP contribution in [0.25, 0.3) is 0 Å². The number of benzene rings is 1. The molecule has 0 aromatic heterocycles. The smallest absolute Gasteiger partial charge is 0.258 e. The Morgan fingerprint density at radius 2 is 2.28 bits per heavy atom. The van der Waals surface area contributed by atoms with E-state index < -0.39 is 0 Å². The van der Waals surface area contributed by atoms with Gasteiger partial charge in [-0.05, 0) is 25.5 Å². The number of nitrogen functional groups attached to an aromatic ring is 1. The standard InChI is InChI=1S/C13H20N2O3/c1-3-5-9(2)15-12(17)8-18-11-7-4-6-10(16)13(11)14/h4,6-7,9,16H,3,5,8,14H2,1-2H3,(H,15,17). The third kappa shape index (κ3) is 4.16. The van der Waals surface area contributed by atoms with E-state index in [-0.39, 0.29) is 30.0 Å². The number of hydrogen-bond donors (Lipinski definition) is 3. The Morgan fingerprint density at radius 1 is 1.56 bits per heavy atom. The van der Waals surface area contributed by atoms with Crippen LogP contribution in [0, 0.1) is 0 Å². The van der Waals surface area contributed by atoms with Gasteiger partial charge in [-0.1, -0.05) is 19.4 Å². The summed E-state index contributed by atoms with van der Waals surface area (Å²) in [6, 6.07) is 4.81. The fourth-order valence-electron chi connectivity index (χ4n) is 1.62. The van der Waals surface area contributed by atoms with E-state index >= 15 is 0 Å². The zero-order valence-electron chi connectivity index (χ0n) is 10.8. The number of phenolic OH excluding ortho intramolecular Hbond substituents is 1. The fraction of sp³-hybridized carbons (Fsp3) is 0.462. The predicted octanol–water partition coefficient (Wildman–Crippen LogP) is 1.66. The molecule has 100 valence electrons. The zero-order valence-corrected chi connectivity index (χ0v) is 10.8. The Bertz CT molecular complexity index is 407. The maximum Gasteiger partial charge on any atom is 0.258 e. The number of nitrogens with two attached hydrogens (primary N) is 1. The average molecular weight is 252 g/mol. The lowest BCUT2D eigenvalue weighted by atomic mass is 10.2. The van der Waals surface area contributed by atoms with Gasteiger partial charge in [0.25, 0.3) is 5.91 Å². The molecule has 0 spiro atoms. The Labute approximate surface area is 107 Å². The van der Waals surface area contributed by atoms with E-state index in [1.807, 2.05) is 6.92 Å². The number of hydrogen-bond acceptors (Lipinski definition) is 4. The predicted molar refractivity (Wildman–Crippen MR) is 70.5 cm³/mol. The molecule has 0 aliphatic heterocycles. The van der Waals surface area contributed by atoms with Crippen LogP contribution in [0.4, 0.5) is 5.69 Å². The van der Waals surface area contributed by atoms with E-state index in [0.29, 0.717) is 5.75 Å². The molecule has 4 N–H and O–H groups in total. The van der Waals surface area contributed by atoms with Gasteiger partial charge in [-0.2, -0.15) is 0 Å². The van der Waals surface area contributed by atoms with Crippen LogP contribution in [0.15, 0.2) is 18.2 Å². The molecular weight excluding hydrogens is 232 g/mol. The van der Waals surface area contributed by atoms with E-state index in [0.717, 1.165) is 12.8 Å². The summed E-state index contributed by atoms with van der Waals surface area (Å²) in [6.45, 7) is 3.90. The van der Waals surface area contributed by atoms with Crippen LogP contribution in [0.1, 0.15) is 26.7 Å². The Kier molecular flexibility index (Phi) is 5.30. The second kappa shape index (κ2) is 6.74. The van der Waals surface area contributed by atoms with Crippen molar-refractivity contribution in [1.29, 1.82) is 0 Å². The number of aromatic hydroxyl groups is 1. The molecule has 0 aliphatic rings. The summed E-state index contributed by atoms with van der Waals surface area (Å²) in [5, 5.41) is 12.2. The van der Waals surface area contributed by atoms with Gasteiger partial charge >= 0.3 is 0 Å². The molecule has 0 radical (unpaired) electrons. The molecule has 0 heterocycles. The minimum Gasteiger partial charge on any atom is -0.506 e. The van der Waals surface area contributed by atoms with Gasteiger partial charge in [0.15, 0.2) is 6.61 Å². The maximum atomic E-state index is 11.6. The molecule has 0 saturated carbocycles. The van der Waals surface area contributed by atoms with Crippen LogP contribution in [0.2, 0.25) is 0 Å². The van der Waals surface area contributed by atoms with Crippen LogP contribution in [-0.2, 0) is 4.79 Å². The number of carbonyl (C=O) groups is 1. The first-order valence-corrected chi connectivity index (χ1v) is 6.04. The monoisotopic (exact) mass is 252 g/mol. The van der Waals surface area contributed by atoms with Crippen molar-refractivity contribution in [3.05, 3.63) is 18.2 Å². The van der Waals surface area contributed by atoms with E-state index in [2.05, 4.69) is 12.2 Å². The number of rotatable bonds is 6. The first-order chi connectivity index (χ1) is 8.54. The Hall–Kier alpha value is -1.91. The Morgan fingerprint density at radius 3 is 2.94 bits per heavy atom. The van der Waals surface area contributed by atoms with Crippen molar-refractivity contribution >= 4 is 11.6 Å². The van der Waals surface area contributed by atoms with Crippen LogP contribution in [0.3, 0.4) is 0 Å². The minimum absolute atomic E-state index is 0.0488. The number of nitrogens with one attached hydrogen (secondary N) is 1. The summed E-state index contributed by atoms with van der Waals surface area (Å²) in [7, 11) is 0. The molecule has 5 nitrogen and oxygen atoms in total. The molecule has 5 heteroatoms. The second-order valence-corrected chi connectivity index (χ2v) is 4.23. The normalized spacial score (nSPS) is 11.9. The summed E-state index contributed by atoms with van der Waals surface area (Å²) >= 11 is 0. The van der Waals surface area contributed by atoms with Gasteiger partial charge in [-0.15, -0.1) is 0 Å². The SMILES string of the molecule is CCCC(C)NC(=O)COc1cccc(O)c1N. The minimum atomic E-state index is -0.196. The van der Waals surface area contributed by atoms with E-state index in [9.17, 15) is 9.90 Å². The molecule has 1 aromatic carbocycles. The van der Waals surface area contributed by atoms with Gasteiger partial charge in [-0.3, -0.25) is 4.79 Å². The number of carbonyl (C=O) groups excluding carboxylic acids is 1. The molecule has 0 aliphatic carbocycles. The Balaban J connectivity index is 2.45. The third-order valence-corrected chi connectivity index (χ3v) is 2.53. The van der Waals surface area contributed by atoms with Crippen molar-refractivity contribution in [1.82, 2.24) is 5.32 Å². The number of para-hydroxylation sites is 1. The second-order valence-electron chi connectivity index (χ2n) is 4.23. The van der Waals surface area contributed by atoms with Crippen LogP contribution in [-0.4, -0.2) is 23.7 Å².